The molecule has 9 nitrogen and oxygen atoms in total. The van der Waals surface area contributed by atoms with Gasteiger partial charge in [0, 0.05) is 35.1 Å². The van der Waals surface area contributed by atoms with E-state index in [0.29, 0.717) is 5.71 Å². The minimum Gasteiger partial charge on any atom is -0.393 e. The molecule has 10 heteroatoms. The fourth-order valence-corrected chi connectivity index (χ4v) is 4.53. The first-order valence-corrected chi connectivity index (χ1v) is 11.9. The zero-order valence-corrected chi connectivity index (χ0v) is 19.8. The minimum absolute atomic E-state index is 0.109. The molecule has 1 fully saturated rings. The molecule has 0 amide bonds. The lowest BCUT2D eigenvalue weighted by Crippen LogP contribution is -2.35. The summed E-state index contributed by atoms with van der Waals surface area (Å²) in [7, 11) is 0. The Morgan fingerprint density at radius 3 is 2.79 bits per heavy atom. The van der Waals surface area contributed by atoms with Crippen molar-refractivity contribution in [1.82, 2.24) is 9.55 Å². The molecule has 1 aliphatic rings. The molecule has 4 rings (SSSR count). The maximum Gasteiger partial charge on any atom is 0.171 e. The van der Waals surface area contributed by atoms with E-state index < -0.39 is 0 Å². The van der Waals surface area contributed by atoms with Gasteiger partial charge in [-0.2, -0.15) is 0 Å². The normalized spacial score (nSPS) is 15.0. The number of benzene rings is 1. The van der Waals surface area contributed by atoms with Crippen molar-refractivity contribution < 1.29 is 15.1 Å². The first-order chi connectivity index (χ1) is 16.4. The first-order valence-electron chi connectivity index (χ1n) is 11.1. The van der Waals surface area contributed by atoms with Crippen molar-refractivity contribution in [2.75, 3.05) is 31.2 Å². The van der Waals surface area contributed by atoms with Crippen LogP contribution < -0.4 is 10.4 Å². The smallest absolute Gasteiger partial charge is 0.171 e. The number of nitrogens with one attached hydrogen (secondary N) is 2. The molecule has 4 N–H and O–H groups in total. The van der Waals surface area contributed by atoms with Gasteiger partial charge in [0.25, 0.3) is 0 Å². The Morgan fingerprint density at radius 2 is 2.03 bits per heavy atom. The van der Waals surface area contributed by atoms with Crippen LogP contribution in [0.4, 0.5) is 5.69 Å². The number of oxime groups is 1. The van der Waals surface area contributed by atoms with Gasteiger partial charge in [0.15, 0.2) is 5.17 Å². The van der Waals surface area contributed by atoms with Gasteiger partial charge >= 0.3 is 0 Å². The SMILES string of the molecule is C/C(=N\OCCO)c1ccc(=N)n(C(=N)Sc2ccc3ncc(N4CCC(O)CC4)cc3c2)c1. The molecule has 0 atom stereocenters. The Balaban J connectivity index is 1.54. The summed E-state index contributed by atoms with van der Waals surface area (Å²) in [4.78, 5) is 12.7. The van der Waals surface area contributed by atoms with E-state index in [4.69, 9.17) is 20.8 Å². The van der Waals surface area contributed by atoms with Gasteiger partial charge in [0.2, 0.25) is 0 Å². The second kappa shape index (κ2) is 10.8. The highest BCUT2D eigenvalue weighted by molar-refractivity contribution is 8.13. The summed E-state index contributed by atoms with van der Waals surface area (Å²) in [5, 5.41) is 40.6. The second-order valence-corrected chi connectivity index (χ2v) is 9.14. The van der Waals surface area contributed by atoms with Crippen molar-refractivity contribution in [3.63, 3.8) is 0 Å². The van der Waals surface area contributed by atoms with Gasteiger partial charge in [-0.05, 0) is 56.2 Å². The summed E-state index contributed by atoms with van der Waals surface area (Å²) >= 11 is 1.26. The Kier molecular flexibility index (Phi) is 7.61. The molecule has 0 saturated carbocycles. The van der Waals surface area contributed by atoms with Crippen LogP contribution in [-0.4, -0.2) is 63.1 Å². The number of piperidine rings is 1. The average Bonchev–Trinajstić information content (AvgIpc) is 2.84. The van der Waals surface area contributed by atoms with Gasteiger partial charge in [0.05, 0.1) is 35.8 Å². The van der Waals surface area contributed by atoms with E-state index in [0.717, 1.165) is 53.0 Å². The molecule has 0 radical (unpaired) electrons. The lowest BCUT2D eigenvalue weighted by molar-refractivity contribution is 0.0986. The number of aliphatic hydroxyl groups is 2. The van der Waals surface area contributed by atoms with Gasteiger partial charge in [-0.25, -0.2) is 0 Å². The molecular formula is C24H28N6O3S. The first kappa shape index (κ1) is 23.9. The van der Waals surface area contributed by atoms with Crippen LogP contribution in [0.25, 0.3) is 10.9 Å². The minimum atomic E-state index is -0.222. The number of thioether (sulfide) groups is 1. The highest BCUT2D eigenvalue weighted by Crippen LogP contribution is 2.27. The lowest BCUT2D eigenvalue weighted by Gasteiger charge is -2.31. The van der Waals surface area contributed by atoms with Crippen molar-refractivity contribution in [3.8, 4) is 0 Å². The fraction of sp³-hybridized carbons (Fsp3) is 0.333. The lowest BCUT2D eigenvalue weighted by atomic mass is 10.1. The molecule has 1 aliphatic heterocycles. The number of anilines is 1. The number of pyridine rings is 2. The molecule has 178 valence electrons. The fourth-order valence-electron chi connectivity index (χ4n) is 3.74. The molecule has 3 aromatic rings. The van der Waals surface area contributed by atoms with Gasteiger partial charge in [-0.1, -0.05) is 16.9 Å². The van der Waals surface area contributed by atoms with E-state index >= 15 is 0 Å². The number of hydrogen-bond acceptors (Lipinski definition) is 9. The van der Waals surface area contributed by atoms with Crippen LogP contribution in [-0.2, 0) is 4.84 Å². The maximum atomic E-state index is 9.77. The standard InChI is InChI=1S/C24H28N6O3S/c1-16(28-33-11-10-31)17-2-5-23(25)30(15-17)24(26)34-21-3-4-22-18(13-21)12-19(14-27-22)29-8-6-20(32)7-9-29/h2-5,12-15,20,25-26,31-32H,6-11H2,1H3/b25-23?,26-24?,28-16+. The highest BCUT2D eigenvalue weighted by Gasteiger charge is 2.18. The Bertz CT molecular complexity index is 1270. The molecule has 0 bridgehead atoms. The van der Waals surface area contributed by atoms with Gasteiger partial charge in [-0.15, -0.1) is 0 Å². The predicted molar refractivity (Wildman–Crippen MR) is 134 cm³/mol. The zero-order valence-electron chi connectivity index (χ0n) is 18.9. The van der Waals surface area contributed by atoms with E-state index in [1.54, 1.807) is 25.3 Å². The van der Waals surface area contributed by atoms with Gasteiger partial charge in [-0.3, -0.25) is 20.4 Å². The number of aromatic nitrogens is 2. The monoisotopic (exact) mass is 480 g/mol. The molecule has 0 spiro atoms. The molecule has 1 aromatic carbocycles. The quantitative estimate of drug-likeness (QED) is 0.141. The third-order valence-electron chi connectivity index (χ3n) is 5.65. The van der Waals surface area contributed by atoms with Crippen LogP contribution in [0.3, 0.4) is 0 Å². The number of aliphatic hydroxyl groups excluding tert-OH is 2. The number of hydrogen-bond donors (Lipinski definition) is 4. The molecule has 34 heavy (non-hydrogen) atoms. The summed E-state index contributed by atoms with van der Waals surface area (Å²) in [6, 6.07) is 11.3. The van der Waals surface area contributed by atoms with E-state index in [2.05, 4.69) is 21.1 Å². The van der Waals surface area contributed by atoms with Crippen molar-refractivity contribution >= 4 is 39.2 Å². The third-order valence-corrected chi connectivity index (χ3v) is 6.53. The topological polar surface area (TPSA) is 131 Å². The average molecular weight is 481 g/mol. The third kappa shape index (κ3) is 5.64. The molecule has 2 aromatic heterocycles. The van der Waals surface area contributed by atoms with E-state index in [1.807, 2.05) is 24.4 Å². The zero-order chi connectivity index (χ0) is 24.1. The van der Waals surface area contributed by atoms with E-state index in [-0.39, 0.29) is 30.0 Å². The van der Waals surface area contributed by atoms with E-state index in [1.165, 1.54) is 16.3 Å². The summed E-state index contributed by atoms with van der Waals surface area (Å²) in [5.41, 5.74) is 3.41. The Hall–Kier alpha value is -3.21. The Labute approximate surface area is 201 Å². The molecular weight excluding hydrogens is 452 g/mol. The number of rotatable bonds is 6. The maximum absolute atomic E-state index is 9.77. The summed E-state index contributed by atoms with van der Waals surface area (Å²) in [6.07, 6.45) is 4.85. The number of fused-ring (bicyclic) bond motifs is 1. The van der Waals surface area contributed by atoms with Crippen LogP contribution in [0.1, 0.15) is 25.3 Å². The van der Waals surface area contributed by atoms with Crippen molar-refractivity contribution in [2.24, 2.45) is 5.16 Å². The van der Waals surface area contributed by atoms with Crippen LogP contribution in [0.5, 0.6) is 0 Å². The van der Waals surface area contributed by atoms with Gasteiger partial charge < -0.3 is 20.0 Å². The van der Waals surface area contributed by atoms with Gasteiger partial charge in [0.1, 0.15) is 12.1 Å². The second-order valence-electron chi connectivity index (χ2n) is 8.08. The molecule has 3 heterocycles. The van der Waals surface area contributed by atoms with Crippen LogP contribution >= 0.6 is 11.8 Å². The molecule has 1 saturated heterocycles. The summed E-state index contributed by atoms with van der Waals surface area (Å²) < 4.78 is 1.49. The largest absolute Gasteiger partial charge is 0.393 e. The highest BCUT2D eigenvalue weighted by atomic mass is 32.2. The summed E-state index contributed by atoms with van der Waals surface area (Å²) in [5.74, 6) is 0. The van der Waals surface area contributed by atoms with Crippen molar-refractivity contribution in [1.29, 1.82) is 10.8 Å². The van der Waals surface area contributed by atoms with Crippen LogP contribution in [0.2, 0.25) is 0 Å². The predicted octanol–water partition coefficient (Wildman–Crippen LogP) is 2.78. The van der Waals surface area contributed by atoms with E-state index in [9.17, 15) is 5.11 Å². The summed E-state index contributed by atoms with van der Waals surface area (Å²) in [6.45, 7) is 3.38. The molecule has 0 aliphatic carbocycles. The van der Waals surface area contributed by atoms with Crippen LogP contribution in [0, 0.1) is 10.8 Å². The Morgan fingerprint density at radius 1 is 1.24 bits per heavy atom. The molecule has 0 unspecified atom stereocenters. The van der Waals surface area contributed by atoms with Crippen molar-refractivity contribution in [3.05, 3.63) is 59.8 Å². The van der Waals surface area contributed by atoms with Crippen molar-refractivity contribution in [2.45, 2.75) is 30.8 Å². The number of nitrogens with zero attached hydrogens (tertiary/aromatic N) is 4. The van der Waals surface area contributed by atoms with Crippen LogP contribution in [0.15, 0.2) is 58.8 Å².